The number of aromatic nitrogens is 1. The van der Waals surface area contributed by atoms with Crippen molar-refractivity contribution >= 4 is 5.78 Å². The maximum absolute atomic E-state index is 12.2. The second-order valence-corrected chi connectivity index (χ2v) is 4.69. The van der Waals surface area contributed by atoms with Crippen molar-refractivity contribution in [1.82, 2.24) is 4.98 Å². The molecule has 0 saturated carbocycles. The number of carbonyl (C=O) groups excluding carboxylic acids is 1. The van der Waals surface area contributed by atoms with Gasteiger partial charge in [0.05, 0.1) is 0 Å². The Bertz CT molecular complexity index is 587. The normalized spacial score (nSPS) is 10.4. The highest BCUT2D eigenvalue weighted by molar-refractivity contribution is 5.96. The molecule has 0 bridgehead atoms. The Balaban J connectivity index is 2.22. The van der Waals surface area contributed by atoms with Crippen molar-refractivity contribution in [3.63, 3.8) is 0 Å². The molecule has 0 aliphatic carbocycles. The summed E-state index contributed by atoms with van der Waals surface area (Å²) in [5, 5.41) is 0. The Labute approximate surface area is 108 Å². The van der Waals surface area contributed by atoms with Crippen LogP contribution in [-0.4, -0.2) is 10.8 Å². The van der Waals surface area contributed by atoms with Gasteiger partial charge in [0.15, 0.2) is 5.78 Å². The number of hydrogen-bond acceptors (Lipinski definition) is 2. The van der Waals surface area contributed by atoms with Crippen LogP contribution in [0.5, 0.6) is 0 Å². The second-order valence-electron chi connectivity index (χ2n) is 4.69. The van der Waals surface area contributed by atoms with Crippen LogP contribution in [0.1, 0.15) is 32.7 Å². The largest absolute Gasteiger partial charge is 0.292 e. The minimum Gasteiger partial charge on any atom is -0.292 e. The van der Waals surface area contributed by atoms with Crippen molar-refractivity contribution in [2.45, 2.75) is 27.2 Å². The summed E-state index contributed by atoms with van der Waals surface area (Å²) in [6.45, 7) is 6.06. The number of benzene rings is 1. The van der Waals surface area contributed by atoms with E-state index in [0.717, 1.165) is 11.1 Å². The van der Waals surface area contributed by atoms with E-state index < -0.39 is 0 Å². The van der Waals surface area contributed by atoms with Crippen LogP contribution in [0.25, 0.3) is 0 Å². The van der Waals surface area contributed by atoms with E-state index in [1.807, 2.05) is 25.1 Å². The van der Waals surface area contributed by atoms with Crippen LogP contribution in [-0.2, 0) is 6.42 Å². The molecule has 1 aromatic heterocycles. The van der Waals surface area contributed by atoms with E-state index in [2.05, 4.69) is 31.0 Å². The maximum atomic E-state index is 12.2. The molecule has 1 heterocycles. The van der Waals surface area contributed by atoms with E-state index in [1.54, 1.807) is 6.20 Å². The first-order valence-corrected chi connectivity index (χ1v) is 6.09. The Kier molecular flexibility index (Phi) is 3.56. The predicted octanol–water partition coefficient (Wildman–Crippen LogP) is 3.43. The summed E-state index contributed by atoms with van der Waals surface area (Å²) in [6.07, 6.45) is 2.08. The Morgan fingerprint density at radius 1 is 1.06 bits per heavy atom. The van der Waals surface area contributed by atoms with Gasteiger partial charge in [0.1, 0.15) is 5.69 Å². The molecule has 2 heteroatoms. The van der Waals surface area contributed by atoms with Crippen molar-refractivity contribution < 1.29 is 4.79 Å². The van der Waals surface area contributed by atoms with E-state index >= 15 is 0 Å². The zero-order valence-electron chi connectivity index (χ0n) is 11.0. The molecule has 0 spiro atoms. The van der Waals surface area contributed by atoms with Gasteiger partial charge in [-0.25, -0.2) is 0 Å². The molecular weight excluding hydrogens is 222 g/mol. The summed E-state index contributed by atoms with van der Waals surface area (Å²) in [7, 11) is 0. The van der Waals surface area contributed by atoms with E-state index in [1.165, 1.54) is 11.1 Å². The summed E-state index contributed by atoms with van der Waals surface area (Å²) in [4.78, 5) is 16.3. The summed E-state index contributed by atoms with van der Waals surface area (Å²) in [5.41, 5.74) is 5.04. The Hall–Kier alpha value is -1.96. The number of aryl methyl sites for hydroxylation is 3. The molecule has 0 N–H and O–H groups in total. The number of carbonyl (C=O) groups is 1. The SMILES string of the molecule is Cc1ccc(CC(=O)c2ncccc2C)cc1C. The summed E-state index contributed by atoms with van der Waals surface area (Å²) >= 11 is 0. The molecule has 0 atom stereocenters. The first-order valence-electron chi connectivity index (χ1n) is 6.09. The monoisotopic (exact) mass is 239 g/mol. The number of Topliss-reactive ketones (excluding diaryl/α,β-unsaturated/α-hetero) is 1. The van der Waals surface area contributed by atoms with E-state index in [9.17, 15) is 4.79 Å². The van der Waals surface area contributed by atoms with Gasteiger partial charge >= 0.3 is 0 Å². The number of hydrogen-bond donors (Lipinski definition) is 0. The smallest absolute Gasteiger partial charge is 0.185 e. The molecule has 0 fully saturated rings. The lowest BCUT2D eigenvalue weighted by atomic mass is 10.0. The molecule has 0 amide bonds. The topological polar surface area (TPSA) is 30.0 Å². The minimum absolute atomic E-state index is 0.0800. The van der Waals surface area contributed by atoms with Gasteiger partial charge in [-0.1, -0.05) is 24.3 Å². The molecule has 92 valence electrons. The van der Waals surface area contributed by atoms with Gasteiger partial charge in [-0.15, -0.1) is 0 Å². The summed E-state index contributed by atoms with van der Waals surface area (Å²) in [6, 6.07) is 9.91. The molecule has 0 saturated heterocycles. The maximum Gasteiger partial charge on any atom is 0.185 e. The fourth-order valence-corrected chi connectivity index (χ4v) is 1.96. The van der Waals surface area contributed by atoms with Gasteiger partial charge in [0, 0.05) is 12.6 Å². The zero-order valence-corrected chi connectivity index (χ0v) is 11.0. The third-order valence-electron chi connectivity index (χ3n) is 3.21. The first-order chi connectivity index (χ1) is 8.58. The molecule has 18 heavy (non-hydrogen) atoms. The van der Waals surface area contributed by atoms with Crippen LogP contribution in [0.2, 0.25) is 0 Å². The van der Waals surface area contributed by atoms with E-state index in [0.29, 0.717) is 12.1 Å². The quantitative estimate of drug-likeness (QED) is 0.768. The van der Waals surface area contributed by atoms with Gasteiger partial charge in [-0.2, -0.15) is 0 Å². The number of nitrogens with zero attached hydrogens (tertiary/aromatic N) is 1. The van der Waals surface area contributed by atoms with Crippen LogP contribution in [0.15, 0.2) is 36.5 Å². The standard InChI is InChI=1S/C16H17NO/c1-11-6-7-14(9-13(11)3)10-15(18)16-12(2)5-4-8-17-16/h4-9H,10H2,1-3H3. The molecule has 1 aromatic carbocycles. The third kappa shape index (κ3) is 2.65. The molecule has 0 unspecified atom stereocenters. The molecular formula is C16H17NO. The summed E-state index contributed by atoms with van der Waals surface area (Å²) < 4.78 is 0. The molecule has 2 aromatic rings. The first kappa shape index (κ1) is 12.5. The second kappa shape index (κ2) is 5.13. The van der Waals surface area contributed by atoms with Crippen molar-refractivity contribution in [1.29, 1.82) is 0 Å². The lowest BCUT2D eigenvalue weighted by Crippen LogP contribution is -2.08. The number of pyridine rings is 1. The highest BCUT2D eigenvalue weighted by atomic mass is 16.1. The molecule has 0 aliphatic heterocycles. The number of ketones is 1. The van der Waals surface area contributed by atoms with Gasteiger partial charge in [-0.3, -0.25) is 9.78 Å². The molecule has 2 nitrogen and oxygen atoms in total. The Morgan fingerprint density at radius 2 is 1.83 bits per heavy atom. The lowest BCUT2D eigenvalue weighted by Gasteiger charge is -2.06. The van der Waals surface area contributed by atoms with Crippen LogP contribution in [0.3, 0.4) is 0 Å². The lowest BCUT2D eigenvalue weighted by molar-refractivity contribution is 0.0987. The van der Waals surface area contributed by atoms with Gasteiger partial charge in [-0.05, 0) is 49.1 Å². The van der Waals surface area contributed by atoms with Crippen molar-refractivity contribution in [3.8, 4) is 0 Å². The molecule has 2 rings (SSSR count). The average molecular weight is 239 g/mol. The van der Waals surface area contributed by atoms with E-state index in [-0.39, 0.29) is 5.78 Å². The number of rotatable bonds is 3. The van der Waals surface area contributed by atoms with Gasteiger partial charge in [0.2, 0.25) is 0 Å². The average Bonchev–Trinajstić information content (AvgIpc) is 2.34. The van der Waals surface area contributed by atoms with Crippen molar-refractivity contribution in [2.24, 2.45) is 0 Å². The third-order valence-corrected chi connectivity index (χ3v) is 3.21. The van der Waals surface area contributed by atoms with Crippen LogP contribution in [0, 0.1) is 20.8 Å². The highest BCUT2D eigenvalue weighted by Crippen LogP contribution is 2.13. The minimum atomic E-state index is 0.0800. The van der Waals surface area contributed by atoms with Crippen molar-refractivity contribution in [2.75, 3.05) is 0 Å². The summed E-state index contributed by atoms with van der Waals surface area (Å²) in [5.74, 6) is 0.0800. The zero-order chi connectivity index (χ0) is 13.1. The Morgan fingerprint density at radius 3 is 2.50 bits per heavy atom. The molecule has 0 aliphatic rings. The highest BCUT2D eigenvalue weighted by Gasteiger charge is 2.11. The van der Waals surface area contributed by atoms with Gasteiger partial charge < -0.3 is 0 Å². The van der Waals surface area contributed by atoms with Gasteiger partial charge in [0.25, 0.3) is 0 Å². The van der Waals surface area contributed by atoms with E-state index in [4.69, 9.17) is 0 Å². The predicted molar refractivity (Wildman–Crippen MR) is 72.9 cm³/mol. The van der Waals surface area contributed by atoms with Crippen LogP contribution in [0.4, 0.5) is 0 Å². The van der Waals surface area contributed by atoms with Crippen molar-refractivity contribution in [3.05, 3.63) is 64.5 Å². The molecule has 0 radical (unpaired) electrons. The van der Waals surface area contributed by atoms with Crippen LogP contribution >= 0.6 is 0 Å². The van der Waals surface area contributed by atoms with Crippen LogP contribution < -0.4 is 0 Å². The fourth-order valence-electron chi connectivity index (χ4n) is 1.96. The fraction of sp³-hybridized carbons (Fsp3) is 0.250.